The zero-order valence-electron chi connectivity index (χ0n) is 14.4. The first kappa shape index (κ1) is 18.6. The van der Waals surface area contributed by atoms with Gasteiger partial charge in [0.1, 0.15) is 4.75 Å². The molecule has 0 saturated heterocycles. The number of sulfonamides is 1. The molecule has 0 atom stereocenters. The Labute approximate surface area is 144 Å². The third-order valence-corrected chi connectivity index (χ3v) is 6.46. The summed E-state index contributed by atoms with van der Waals surface area (Å²) in [5.74, 6) is 0. The fourth-order valence-corrected chi connectivity index (χ4v) is 3.84. The molecule has 0 aliphatic heterocycles. The monoisotopic (exact) mass is 347 g/mol. The molecule has 0 spiro atoms. The van der Waals surface area contributed by atoms with Crippen LogP contribution < -0.4 is 4.72 Å². The van der Waals surface area contributed by atoms with Crippen molar-refractivity contribution in [3.8, 4) is 11.1 Å². The molecule has 2 aromatic rings. The van der Waals surface area contributed by atoms with Crippen molar-refractivity contribution in [3.63, 3.8) is 0 Å². The van der Waals surface area contributed by atoms with E-state index in [0.29, 0.717) is 6.54 Å². The number of benzene rings is 2. The van der Waals surface area contributed by atoms with Crippen LogP contribution in [0.25, 0.3) is 11.1 Å². The Morgan fingerprint density at radius 2 is 1.67 bits per heavy atom. The summed E-state index contributed by atoms with van der Waals surface area (Å²) in [6.07, 6.45) is 0.756. The highest BCUT2D eigenvalue weighted by molar-refractivity contribution is 7.90. The maximum Gasteiger partial charge on any atom is 0.221 e. The van der Waals surface area contributed by atoms with Gasteiger partial charge in [0.2, 0.25) is 10.0 Å². The summed E-state index contributed by atoms with van der Waals surface area (Å²) in [6, 6.07) is 15.1. The lowest BCUT2D eigenvalue weighted by Gasteiger charge is -2.26. The van der Waals surface area contributed by atoms with Gasteiger partial charge in [0.15, 0.2) is 0 Å². The van der Waals surface area contributed by atoms with Gasteiger partial charge in [-0.05, 0) is 42.5 Å². The van der Waals surface area contributed by atoms with Crippen molar-refractivity contribution >= 4 is 10.0 Å². The number of nitrogens with one attached hydrogen (secondary N) is 1. The van der Waals surface area contributed by atoms with Gasteiger partial charge < -0.3 is 5.11 Å². The Morgan fingerprint density at radius 1 is 1.04 bits per heavy atom. The molecule has 0 fully saturated rings. The van der Waals surface area contributed by atoms with Gasteiger partial charge in [-0.2, -0.15) is 0 Å². The van der Waals surface area contributed by atoms with E-state index in [9.17, 15) is 13.5 Å². The number of rotatable bonds is 7. The number of aliphatic hydroxyl groups is 1. The van der Waals surface area contributed by atoms with Crippen molar-refractivity contribution in [2.75, 3.05) is 6.54 Å². The third-order valence-electron chi connectivity index (χ3n) is 4.29. The Hall–Kier alpha value is -1.69. The predicted molar refractivity (Wildman–Crippen MR) is 98.0 cm³/mol. The van der Waals surface area contributed by atoms with Gasteiger partial charge in [-0.3, -0.25) is 0 Å². The van der Waals surface area contributed by atoms with E-state index in [4.69, 9.17) is 0 Å². The molecule has 0 aliphatic carbocycles. The minimum absolute atomic E-state index is 0.0290. The number of hydrogen-bond acceptors (Lipinski definition) is 3. The Morgan fingerprint density at radius 3 is 2.25 bits per heavy atom. The van der Waals surface area contributed by atoms with Crippen molar-refractivity contribution in [1.29, 1.82) is 0 Å². The highest BCUT2D eigenvalue weighted by Gasteiger charge is 2.35. The van der Waals surface area contributed by atoms with E-state index in [2.05, 4.69) is 4.72 Å². The third kappa shape index (κ3) is 3.69. The van der Waals surface area contributed by atoms with E-state index < -0.39 is 14.8 Å². The molecule has 2 aromatic carbocycles. The van der Waals surface area contributed by atoms with E-state index in [0.717, 1.165) is 28.7 Å². The van der Waals surface area contributed by atoms with Crippen molar-refractivity contribution in [3.05, 3.63) is 59.7 Å². The average Bonchev–Trinajstić information content (AvgIpc) is 2.60. The lowest BCUT2D eigenvalue weighted by Crippen LogP contribution is -2.39. The quantitative estimate of drug-likeness (QED) is 0.806. The Balaban J connectivity index is 2.35. The summed E-state index contributed by atoms with van der Waals surface area (Å²) in [4.78, 5) is 0. The Bertz CT molecular complexity index is 781. The van der Waals surface area contributed by atoms with Gasteiger partial charge in [-0.1, -0.05) is 55.5 Å². The van der Waals surface area contributed by atoms with Crippen LogP contribution in [0.5, 0.6) is 0 Å². The van der Waals surface area contributed by atoms with Crippen molar-refractivity contribution in [2.45, 2.75) is 38.5 Å². The minimum Gasteiger partial charge on any atom is -0.392 e. The zero-order chi connectivity index (χ0) is 17.8. The van der Waals surface area contributed by atoms with Crippen LogP contribution in [0.4, 0.5) is 0 Å². The summed E-state index contributed by atoms with van der Waals surface area (Å²) in [6.45, 7) is 5.76. The molecule has 4 nitrogen and oxygen atoms in total. The molecule has 0 saturated carbocycles. The zero-order valence-corrected chi connectivity index (χ0v) is 15.2. The van der Waals surface area contributed by atoms with Crippen LogP contribution in [-0.4, -0.2) is 20.1 Å². The number of hydrogen-bond donors (Lipinski definition) is 2. The molecular weight excluding hydrogens is 322 g/mol. The summed E-state index contributed by atoms with van der Waals surface area (Å²) in [7, 11) is -3.46. The molecule has 2 rings (SSSR count). The summed E-state index contributed by atoms with van der Waals surface area (Å²) in [5, 5.41) is 9.47. The molecule has 0 aromatic heterocycles. The van der Waals surface area contributed by atoms with Crippen molar-refractivity contribution < 1.29 is 13.5 Å². The normalized spacial score (nSPS) is 12.3. The minimum atomic E-state index is -3.46. The van der Waals surface area contributed by atoms with Crippen LogP contribution in [0, 0.1) is 0 Å². The lowest BCUT2D eigenvalue weighted by atomic mass is 9.96. The highest BCUT2D eigenvalue weighted by atomic mass is 32.2. The standard InChI is InChI=1S/C19H25NO3S/c1-4-13-20-24(22,23)19(2,3)17-11-9-15(10-12-17)18-8-6-5-7-16(18)14-21/h5-12,20-21H,4,13-14H2,1-3H3. The molecule has 0 bridgehead atoms. The van der Waals surface area contributed by atoms with Crippen LogP contribution >= 0.6 is 0 Å². The first-order chi connectivity index (χ1) is 11.3. The maximum atomic E-state index is 12.5. The SMILES string of the molecule is CCCNS(=O)(=O)C(C)(C)c1ccc(-c2ccccc2CO)cc1. The van der Waals surface area contributed by atoms with Gasteiger partial charge in [0, 0.05) is 6.54 Å². The highest BCUT2D eigenvalue weighted by Crippen LogP contribution is 2.31. The summed E-state index contributed by atoms with van der Waals surface area (Å²) in [5.41, 5.74) is 3.49. The maximum absolute atomic E-state index is 12.5. The largest absolute Gasteiger partial charge is 0.392 e. The molecule has 2 N–H and O–H groups in total. The van der Waals surface area contributed by atoms with Crippen molar-refractivity contribution in [1.82, 2.24) is 4.72 Å². The first-order valence-electron chi connectivity index (χ1n) is 8.12. The Kier molecular flexibility index (Phi) is 5.80. The molecular formula is C19H25NO3S. The molecule has 5 heteroatoms. The molecule has 0 aliphatic rings. The van der Waals surface area contributed by atoms with Crippen molar-refractivity contribution in [2.24, 2.45) is 0 Å². The second-order valence-corrected chi connectivity index (χ2v) is 8.62. The second-order valence-electron chi connectivity index (χ2n) is 6.30. The van der Waals surface area contributed by atoms with Crippen LogP contribution in [-0.2, 0) is 21.4 Å². The van der Waals surface area contributed by atoms with E-state index >= 15 is 0 Å². The summed E-state index contributed by atoms with van der Waals surface area (Å²) < 4.78 is 26.7. The molecule has 130 valence electrons. The van der Waals surface area contributed by atoms with E-state index in [1.54, 1.807) is 13.8 Å². The van der Waals surface area contributed by atoms with Gasteiger partial charge in [-0.15, -0.1) is 0 Å². The van der Waals surface area contributed by atoms with E-state index in [1.165, 1.54) is 0 Å². The summed E-state index contributed by atoms with van der Waals surface area (Å²) >= 11 is 0. The first-order valence-corrected chi connectivity index (χ1v) is 9.60. The topological polar surface area (TPSA) is 66.4 Å². The molecule has 0 radical (unpaired) electrons. The van der Waals surface area contributed by atoms with Crippen LogP contribution in [0.3, 0.4) is 0 Å². The fraction of sp³-hybridized carbons (Fsp3) is 0.368. The van der Waals surface area contributed by atoms with Crippen LogP contribution in [0.1, 0.15) is 38.3 Å². The van der Waals surface area contributed by atoms with Crippen LogP contribution in [0.2, 0.25) is 0 Å². The van der Waals surface area contributed by atoms with E-state index in [-0.39, 0.29) is 6.61 Å². The molecule has 0 unspecified atom stereocenters. The van der Waals surface area contributed by atoms with E-state index in [1.807, 2.05) is 55.5 Å². The smallest absolute Gasteiger partial charge is 0.221 e. The second kappa shape index (κ2) is 7.47. The van der Waals surface area contributed by atoms with Gasteiger partial charge >= 0.3 is 0 Å². The van der Waals surface area contributed by atoms with Gasteiger partial charge in [-0.25, -0.2) is 13.1 Å². The average molecular weight is 347 g/mol. The predicted octanol–water partition coefficient (Wildman–Crippen LogP) is 3.41. The molecule has 0 amide bonds. The molecule has 0 heterocycles. The number of aliphatic hydroxyl groups excluding tert-OH is 1. The van der Waals surface area contributed by atoms with Gasteiger partial charge in [0.05, 0.1) is 6.61 Å². The van der Waals surface area contributed by atoms with Gasteiger partial charge in [0.25, 0.3) is 0 Å². The molecule has 24 heavy (non-hydrogen) atoms. The fourth-order valence-electron chi connectivity index (χ4n) is 2.56. The lowest BCUT2D eigenvalue weighted by molar-refractivity contribution is 0.282. The van der Waals surface area contributed by atoms with Crippen LogP contribution in [0.15, 0.2) is 48.5 Å².